The molecule has 5 nitrogen and oxygen atoms in total. The Bertz CT molecular complexity index is 778. The van der Waals surface area contributed by atoms with Crippen LogP contribution in [0.1, 0.15) is 41.6 Å². The highest BCUT2D eigenvalue weighted by atomic mass is 19.4. The lowest BCUT2D eigenvalue weighted by atomic mass is 9.96. The second-order valence-electron chi connectivity index (χ2n) is 5.81. The monoisotopic (exact) mass is 336 g/mol. The van der Waals surface area contributed by atoms with Crippen molar-refractivity contribution in [3.8, 4) is 6.07 Å². The number of anilines is 1. The lowest BCUT2D eigenvalue weighted by Gasteiger charge is -2.34. The first-order chi connectivity index (χ1) is 11.4. The van der Waals surface area contributed by atoms with E-state index >= 15 is 0 Å². The van der Waals surface area contributed by atoms with Crippen molar-refractivity contribution in [2.75, 3.05) is 18.0 Å². The minimum absolute atomic E-state index is 0.0301. The van der Waals surface area contributed by atoms with Gasteiger partial charge in [-0.3, -0.25) is 0 Å². The van der Waals surface area contributed by atoms with Gasteiger partial charge in [0.25, 0.3) is 0 Å². The Balaban J connectivity index is 1.94. The molecule has 8 heteroatoms. The molecule has 126 valence electrons. The molecule has 0 radical (unpaired) electrons. The molecule has 1 saturated heterocycles. The lowest BCUT2D eigenvalue weighted by Crippen LogP contribution is -2.35. The number of halogens is 3. The van der Waals surface area contributed by atoms with Crippen LogP contribution in [-0.4, -0.2) is 23.2 Å². The highest BCUT2D eigenvalue weighted by Gasteiger charge is 2.36. The third-order valence-electron chi connectivity index (χ3n) is 4.09. The van der Waals surface area contributed by atoms with Crippen LogP contribution in [0.5, 0.6) is 0 Å². The summed E-state index contributed by atoms with van der Waals surface area (Å²) in [6, 6.07) is 5.35. The van der Waals surface area contributed by atoms with Crippen molar-refractivity contribution in [2.24, 2.45) is 0 Å². The Hall–Kier alpha value is -2.56. The van der Waals surface area contributed by atoms with Gasteiger partial charge >= 0.3 is 6.18 Å². The van der Waals surface area contributed by atoms with Gasteiger partial charge in [0.2, 0.25) is 5.89 Å². The molecule has 3 rings (SSSR count). The molecule has 1 aromatic carbocycles. The van der Waals surface area contributed by atoms with Crippen molar-refractivity contribution in [1.82, 2.24) is 10.1 Å². The van der Waals surface area contributed by atoms with E-state index in [9.17, 15) is 13.2 Å². The van der Waals surface area contributed by atoms with Crippen LogP contribution in [0.25, 0.3) is 0 Å². The average molecular weight is 336 g/mol. The van der Waals surface area contributed by atoms with E-state index in [-0.39, 0.29) is 17.2 Å². The van der Waals surface area contributed by atoms with Crippen molar-refractivity contribution in [3.63, 3.8) is 0 Å². The van der Waals surface area contributed by atoms with Gasteiger partial charge in [-0.1, -0.05) is 5.16 Å². The Labute approximate surface area is 136 Å². The SMILES string of the molecule is Cc1noc(C2CCCN(c3cc(C#N)ccc3C(F)(F)F)C2)n1. The summed E-state index contributed by atoms with van der Waals surface area (Å²) >= 11 is 0. The summed E-state index contributed by atoms with van der Waals surface area (Å²) in [6.45, 7) is 2.53. The quantitative estimate of drug-likeness (QED) is 0.837. The molecule has 1 atom stereocenters. The van der Waals surface area contributed by atoms with Gasteiger partial charge in [-0.05, 0) is 38.0 Å². The Kier molecular flexibility index (Phi) is 4.18. The number of nitrogens with zero attached hydrogens (tertiary/aromatic N) is 4. The van der Waals surface area contributed by atoms with Gasteiger partial charge < -0.3 is 9.42 Å². The number of hydrogen-bond acceptors (Lipinski definition) is 5. The second kappa shape index (κ2) is 6.15. The van der Waals surface area contributed by atoms with Crippen LogP contribution in [-0.2, 0) is 6.18 Å². The number of piperidine rings is 1. The van der Waals surface area contributed by atoms with Gasteiger partial charge in [0.05, 0.1) is 28.8 Å². The van der Waals surface area contributed by atoms with Gasteiger partial charge in [0, 0.05) is 13.1 Å². The highest BCUT2D eigenvalue weighted by Crippen LogP contribution is 2.39. The van der Waals surface area contributed by atoms with E-state index in [1.807, 2.05) is 6.07 Å². The molecule has 0 spiro atoms. The molecule has 24 heavy (non-hydrogen) atoms. The zero-order valence-electron chi connectivity index (χ0n) is 13.0. The van der Waals surface area contributed by atoms with E-state index in [0.717, 1.165) is 12.5 Å². The molecule has 0 N–H and O–H groups in total. The molecule has 1 aliphatic rings. The molecule has 1 aromatic heterocycles. The number of alkyl halides is 3. The van der Waals surface area contributed by atoms with Crippen LogP contribution >= 0.6 is 0 Å². The summed E-state index contributed by atoms with van der Waals surface area (Å²) in [4.78, 5) is 5.84. The van der Waals surface area contributed by atoms with Gasteiger partial charge in [-0.25, -0.2) is 0 Å². The summed E-state index contributed by atoms with van der Waals surface area (Å²) in [6.07, 6.45) is -2.99. The molecular weight excluding hydrogens is 321 g/mol. The third-order valence-corrected chi connectivity index (χ3v) is 4.09. The van der Waals surface area contributed by atoms with Crippen LogP contribution < -0.4 is 4.90 Å². The summed E-state index contributed by atoms with van der Waals surface area (Å²) in [7, 11) is 0. The van der Waals surface area contributed by atoms with E-state index in [2.05, 4.69) is 10.1 Å². The topological polar surface area (TPSA) is 66.0 Å². The molecular formula is C16H15F3N4O. The minimum Gasteiger partial charge on any atom is -0.370 e. The van der Waals surface area contributed by atoms with E-state index in [0.29, 0.717) is 31.2 Å². The maximum absolute atomic E-state index is 13.3. The number of hydrogen-bond donors (Lipinski definition) is 0. The fourth-order valence-electron chi connectivity index (χ4n) is 2.98. The largest absolute Gasteiger partial charge is 0.418 e. The van der Waals surface area contributed by atoms with Gasteiger partial charge in [-0.2, -0.15) is 23.4 Å². The molecule has 0 aliphatic carbocycles. The summed E-state index contributed by atoms with van der Waals surface area (Å²) < 4.78 is 45.1. The highest BCUT2D eigenvalue weighted by molar-refractivity contribution is 5.59. The fraction of sp³-hybridized carbons (Fsp3) is 0.438. The Morgan fingerprint density at radius 1 is 1.38 bits per heavy atom. The third kappa shape index (κ3) is 3.20. The molecule has 1 unspecified atom stereocenters. The first kappa shape index (κ1) is 16.3. The smallest absolute Gasteiger partial charge is 0.370 e. The van der Waals surface area contributed by atoms with Crippen LogP contribution in [0.3, 0.4) is 0 Å². The number of benzene rings is 1. The van der Waals surface area contributed by atoms with Crippen molar-refractivity contribution in [3.05, 3.63) is 41.0 Å². The number of rotatable bonds is 2. The second-order valence-corrected chi connectivity index (χ2v) is 5.81. The minimum atomic E-state index is -4.47. The van der Waals surface area contributed by atoms with Crippen molar-refractivity contribution >= 4 is 5.69 Å². The van der Waals surface area contributed by atoms with Crippen molar-refractivity contribution in [2.45, 2.75) is 31.9 Å². The molecule has 1 fully saturated rings. The Morgan fingerprint density at radius 2 is 2.17 bits per heavy atom. The van der Waals surface area contributed by atoms with Gasteiger partial charge in [0.15, 0.2) is 5.82 Å². The van der Waals surface area contributed by atoms with Crippen molar-refractivity contribution in [1.29, 1.82) is 5.26 Å². The van der Waals surface area contributed by atoms with E-state index < -0.39 is 11.7 Å². The predicted octanol–water partition coefficient (Wildman–Crippen LogP) is 3.65. The predicted molar refractivity (Wildman–Crippen MR) is 79.4 cm³/mol. The van der Waals surface area contributed by atoms with Gasteiger partial charge in [-0.15, -0.1) is 0 Å². The molecule has 1 aliphatic heterocycles. The Morgan fingerprint density at radius 3 is 2.79 bits per heavy atom. The summed E-state index contributed by atoms with van der Waals surface area (Å²) in [5.41, 5.74) is -0.500. The average Bonchev–Trinajstić information content (AvgIpc) is 3.00. The lowest BCUT2D eigenvalue weighted by molar-refractivity contribution is -0.137. The number of aryl methyl sites for hydroxylation is 1. The normalized spacial score (nSPS) is 18.5. The van der Waals surface area contributed by atoms with Crippen LogP contribution in [0.4, 0.5) is 18.9 Å². The zero-order chi connectivity index (χ0) is 17.3. The number of nitriles is 1. The molecule has 2 aromatic rings. The standard InChI is InChI=1S/C16H15F3N4O/c1-10-21-15(24-22-10)12-3-2-6-23(9-12)14-7-11(8-20)4-5-13(14)16(17,18)19/h4-5,7,12H,2-3,6,9H2,1H3. The van der Waals surface area contributed by atoms with Crippen molar-refractivity contribution < 1.29 is 17.7 Å². The molecule has 0 saturated carbocycles. The maximum atomic E-state index is 13.3. The maximum Gasteiger partial charge on any atom is 0.418 e. The fourth-order valence-corrected chi connectivity index (χ4v) is 2.98. The van der Waals surface area contributed by atoms with Gasteiger partial charge in [0.1, 0.15) is 0 Å². The summed E-state index contributed by atoms with van der Waals surface area (Å²) in [5, 5.41) is 12.7. The van der Waals surface area contributed by atoms with E-state index in [4.69, 9.17) is 9.78 Å². The van der Waals surface area contributed by atoms with E-state index in [1.165, 1.54) is 12.1 Å². The van der Waals surface area contributed by atoms with Crippen LogP contribution in [0.15, 0.2) is 22.7 Å². The van der Waals surface area contributed by atoms with Crippen LogP contribution in [0, 0.1) is 18.3 Å². The molecule has 0 amide bonds. The van der Waals surface area contributed by atoms with Crippen LogP contribution in [0.2, 0.25) is 0 Å². The van der Waals surface area contributed by atoms with E-state index in [1.54, 1.807) is 11.8 Å². The molecule has 2 heterocycles. The summed E-state index contributed by atoms with van der Waals surface area (Å²) in [5.74, 6) is 0.832. The first-order valence-electron chi connectivity index (χ1n) is 7.55. The molecule has 0 bridgehead atoms. The number of aromatic nitrogens is 2. The zero-order valence-corrected chi connectivity index (χ0v) is 13.0. The first-order valence-corrected chi connectivity index (χ1v) is 7.55.